The molecule has 0 heterocycles. The first kappa shape index (κ1) is 14.2. The summed E-state index contributed by atoms with van der Waals surface area (Å²) in [4.78, 5) is 11.3. The second kappa shape index (κ2) is 5.82. The number of nitrogens with two attached hydrogens (primary N) is 1. The highest BCUT2D eigenvalue weighted by Gasteiger charge is 2.44. The number of halogens is 1. The van der Waals surface area contributed by atoms with E-state index in [1.165, 1.54) is 7.11 Å². The molecule has 1 aromatic rings. The van der Waals surface area contributed by atoms with Crippen molar-refractivity contribution in [2.75, 3.05) is 18.6 Å². The summed E-state index contributed by atoms with van der Waals surface area (Å²) in [6, 6.07) is 5.07. The Morgan fingerprint density at radius 3 is 2.89 bits per heavy atom. The quantitative estimate of drug-likeness (QED) is 0.644. The Labute approximate surface area is 116 Å². The molecule has 1 aromatic carbocycles. The Morgan fingerprint density at radius 2 is 2.26 bits per heavy atom. The molecule has 5 heteroatoms. The molecule has 1 fully saturated rings. The van der Waals surface area contributed by atoms with Gasteiger partial charge in [0, 0.05) is 5.75 Å². The molecule has 19 heavy (non-hydrogen) atoms. The first-order valence-electron chi connectivity index (χ1n) is 6.24. The fraction of sp³-hybridized carbons (Fsp3) is 0.500. The highest BCUT2D eigenvalue weighted by molar-refractivity contribution is 7.98. The number of hydrogen-bond donors (Lipinski definition) is 1. The third-order valence-corrected chi connectivity index (χ3v) is 4.81. The van der Waals surface area contributed by atoms with Gasteiger partial charge in [0.1, 0.15) is 5.82 Å². The topological polar surface area (TPSA) is 52.3 Å². The second-order valence-corrected chi connectivity index (χ2v) is 6.05. The summed E-state index contributed by atoms with van der Waals surface area (Å²) in [7, 11) is 1.41. The number of thioether (sulfide) groups is 1. The molecule has 1 aliphatic rings. The average Bonchev–Trinajstić information content (AvgIpc) is 3.14. The largest absolute Gasteiger partial charge is 0.469 e. The van der Waals surface area contributed by atoms with Gasteiger partial charge < -0.3 is 10.5 Å². The highest BCUT2D eigenvalue weighted by atomic mass is 32.2. The molecule has 0 radical (unpaired) electrons. The molecule has 3 nitrogen and oxygen atoms in total. The molecule has 0 bridgehead atoms. The van der Waals surface area contributed by atoms with E-state index >= 15 is 0 Å². The first-order chi connectivity index (χ1) is 9.06. The number of rotatable bonds is 6. The molecule has 2 rings (SSSR count). The number of methoxy groups -OCH3 is 1. The number of carbonyl (C=O) groups excluding carboxylic acids is 1. The van der Waals surface area contributed by atoms with Crippen LogP contribution in [0.2, 0.25) is 0 Å². The van der Waals surface area contributed by atoms with Crippen LogP contribution in [0.25, 0.3) is 0 Å². The van der Waals surface area contributed by atoms with Crippen molar-refractivity contribution < 1.29 is 13.9 Å². The van der Waals surface area contributed by atoms with Gasteiger partial charge in [0.2, 0.25) is 0 Å². The van der Waals surface area contributed by atoms with Crippen molar-refractivity contribution in [3.63, 3.8) is 0 Å². The van der Waals surface area contributed by atoms with Crippen LogP contribution in [0.5, 0.6) is 0 Å². The van der Waals surface area contributed by atoms with E-state index in [1.807, 2.05) is 0 Å². The molecule has 0 atom stereocenters. The fourth-order valence-corrected chi connectivity index (χ4v) is 3.38. The SMILES string of the molecule is COC(=O)CC1(CSCc2cccc(N)c2F)CC1. The lowest BCUT2D eigenvalue weighted by atomic mass is 10.1. The molecule has 0 spiro atoms. The van der Waals surface area contributed by atoms with E-state index < -0.39 is 0 Å². The zero-order valence-electron chi connectivity index (χ0n) is 10.9. The number of ether oxygens (including phenoxy) is 1. The normalized spacial score (nSPS) is 16.1. The summed E-state index contributed by atoms with van der Waals surface area (Å²) in [6.07, 6.45) is 2.57. The minimum Gasteiger partial charge on any atom is -0.469 e. The lowest BCUT2D eigenvalue weighted by molar-refractivity contribution is -0.141. The van der Waals surface area contributed by atoms with Gasteiger partial charge in [-0.25, -0.2) is 4.39 Å². The fourth-order valence-electron chi connectivity index (χ4n) is 2.02. The molecule has 0 aromatic heterocycles. The van der Waals surface area contributed by atoms with E-state index in [9.17, 15) is 9.18 Å². The molecular weight excluding hydrogens is 265 g/mol. The maximum atomic E-state index is 13.7. The standard InChI is InChI=1S/C14H18FNO2S/c1-18-12(17)7-14(5-6-14)9-19-8-10-3-2-4-11(16)13(10)15/h2-4H,5-9,16H2,1H3. The van der Waals surface area contributed by atoms with Crippen molar-refractivity contribution in [1.29, 1.82) is 0 Å². The van der Waals surface area contributed by atoms with Gasteiger partial charge in [0.25, 0.3) is 0 Å². The van der Waals surface area contributed by atoms with Crippen molar-refractivity contribution in [3.05, 3.63) is 29.6 Å². The number of benzene rings is 1. The van der Waals surface area contributed by atoms with Crippen LogP contribution >= 0.6 is 11.8 Å². The number of anilines is 1. The van der Waals surface area contributed by atoms with E-state index in [2.05, 4.69) is 0 Å². The van der Waals surface area contributed by atoms with Crippen molar-refractivity contribution in [1.82, 2.24) is 0 Å². The van der Waals surface area contributed by atoms with Gasteiger partial charge in [-0.05, 0) is 35.6 Å². The summed E-state index contributed by atoms with van der Waals surface area (Å²) in [5, 5.41) is 0. The third-order valence-electron chi connectivity index (χ3n) is 3.48. The van der Waals surface area contributed by atoms with E-state index in [4.69, 9.17) is 10.5 Å². The van der Waals surface area contributed by atoms with Gasteiger partial charge in [-0.3, -0.25) is 4.79 Å². The van der Waals surface area contributed by atoms with Crippen LogP contribution in [0.3, 0.4) is 0 Å². The van der Waals surface area contributed by atoms with Gasteiger partial charge in [-0.15, -0.1) is 0 Å². The molecule has 104 valence electrons. The average molecular weight is 283 g/mol. The molecule has 1 saturated carbocycles. The number of esters is 1. The molecule has 0 amide bonds. The third kappa shape index (κ3) is 3.62. The molecule has 1 aliphatic carbocycles. The Morgan fingerprint density at radius 1 is 1.53 bits per heavy atom. The van der Waals surface area contributed by atoms with Gasteiger partial charge in [0.15, 0.2) is 0 Å². The smallest absolute Gasteiger partial charge is 0.306 e. The Bertz CT molecular complexity index is 475. The second-order valence-electron chi connectivity index (χ2n) is 5.07. The maximum Gasteiger partial charge on any atom is 0.306 e. The maximum absolute atomic E-state index is 13.7. The molecule has 0 aliphatic heterocycles. The lowest BCUT2D eigenvalue weighted by Gasteiger charge is -2.13. The summed E-state index contributed by atoms with van der Waals surface area (Å²) >= 11 is 1.65. The minimum absolute atomic E-state index is 0.0779. The van der Waals surface area contributed by atoms with Gasteiger partial charge >= 0.3 is 5.97 Å². The van der Waals surface area contributed by atoms with Crippen molar-refractivity contribution in [3.8, 4) is 0 Å². The van der Waals surface area contributed by atoms with Crippen molar-refractivity contribution >= 4 is 23.4 Å². The predicted molar refractivity (Wildman–Crippen MR) is 75.3 cm³/mol. The van der Waals surface area contributed by atoms with Crippen LogP contribution in [-0.2, 0) is 15.3 Å². The van der Waals surface area contributed by atoms with Crippen LogP contribution in [0.1, 0.15) is 24.8 Å². The van der Waals surface area contributed by atoms with Gasteiger partial charge in [-0.2, -0.15) is 11.8 Å². The molecule has 0 saturated heterocycles. The first-order valence-corrected chi connectivity index (χ1v) is 7.39. The summed E-state index contributed by atoms with van der Waals surface area (Å²) in [6.45, 7) is 0. The zero-order valence-corrected chi connectivity index (χ0v) is 11.8. The van der Waals surface area contributed by atoms with Crippen LogP contribution in [0, 0.1) is 11.2 Å². The number of nitrogen functional groups attached to an aromatic ring is 1. The predicted octanol–water partition coefficient (Wildman–Crippen LogP) is 2.98. The highest BCUT2D eigenvalue weighted by Crippen LogP contribution is 2.51. The lowest BCUT2D eigenvalue weighted by Crippen LogP contribution is -2.13. The Hall–Kier alpha value is -1.23. The monoisotopic (exact) mass is 283 g/mol. The molecular formula is C14H18FNO2S. The van der Waals surface area contributed by atoms with Gasteiger partial charge in [0.05, 0.1) is 19.2 Å². The van der Waals surface area contributed by atoms with Crippen LogP contribution < -0.4 is 5.73 Å². The summed E-state index contributed by atoms with van der Waals surface area (Å²) in [5.74, 6) is 0.955. The van der Waals surface area contributed by atoms with Crippen molar-refractivity contribution in [2.24, 2.45) is 5.41 Å². The van der Waals surface area contributed by atoms with Crippen LogP contribution in [0.4, 0.5) is 10.1 Å². The van der Waals surface area contributed by atoms with E-state index in [1.54, 1.807) is 30.0 Å². The Balaban J connectivity index is 1.84. The molecule has 0 unspecified atom stereocenters. The zero-order chi connectivity index (χ0) is 13.9. The van der Waals surface area contributed by atoms with Crippen LogP contribution in [-0.4, -0.2) is 18.8 Å². The minimum atomic E-state index is -0.326. The number of hydrogen-bond acceptors (Lipinski definition) is 4. The van der Waals surface area contributed by atoms with E-state index in [0.29, 0.717) is 17.7 Å². The van der Waals surface area contributed by atoms with Crippen LogP contribution in [0.15, 0.2) is 18.2 Å². The van der Waals surface area contributed by atoms with Crippen molar-refractivity contribution in [2.45, 2.75) is 25.0 Å². The van der Waals surface area contributed by atoms with E-state index in [-0.39, 0.29) is 22.9 Å². The Kier molecular flexibility index (Phi) is 4.34. The van der Waals surface area contributed by atoms with E-state index in [0.717, 1.165) is 18.6 Å². The number of carbonyl (C=O) groups is 1. The summed E-state index contributed by atoms with van der Waals surface area (Å²) in [5.41, 5.74) is 6.42. The molecule has 2 N–H and O–H groups in total. The summed E-state index contributed by atoms with van der Waals surface area (Å²) < 4.78 is 18.4. The van der Waals surface area contributed by atoms with Gasteiger partial charge in [-0.1, -0.05) is 12.1 Å².